The maximum absolute atomic E-state index is 12.0. The fraction of sp³-hybridized carbons (Fsp3) is 0.250. The minimum atomic E-state index is -0.369. The molecule has 102 valence electrons. The lowest BCUT2D eigenvalue weighted by molar-refractivity contribution is 0.0328. The van der Waals surface area contributed by atoms with Crippen molar-refractivity contribution in [2.45, 2.75) is 26.4 Å². The van der Waals surface area contributed by atoms with E-state index < -0.39 is 0 Å². The van der Waals surface area contributed by atoms with Crippen molar-refractivity contribution in [3.63, 3.8) is 0 Å². The number of rotatable bonds is 3. The van der Waals surface area contributed by atoms with Gasteiger partial charge in [0.1, 0.15) is 5.69 Å². The molecule has 4 heteroatoms. The Bertz CT molecular complexity index is 776. The van der Waals surface area contributed by atoms with E-state index in [0.29, 0.717) is 5.69 Å². The van der Waals surface area contributed by atoms with E-state index in [1.807, 2.05) is 38.1 Å². The number of hydrogen-bond acceptors (Lipinski definition) is 3. The normalized spacial score (nSPS) is 12.7. The Labute approximate surface area is 116 Å². The van der Waals surface area contributed by atoms with Gasteiger partial charge >= 0.3 is 5.97 Å². The Morgan fingerprint density at radius 2 is 2.10 bits per heavy atom. The summed E-state index contributed by atoms with van der Waals surface area (Å²) in [4.78, 5) is 19.5. The zero-order chi connectivity index (χ0) is 14.1. The van der Waals surface area contributed by atoms with Crippen LogP contribution in [0.4, 0.5) is 0 Å². The summed E-state index contributed by atoms with van der Waals surface area (Å²) in [6.45, 7) is 3.86. The number of para-hydroxylation sites is 1. The smallest absolute Gasteiger partial charge is 0.357 e. The van der Waals surface area contributed by atoms with Crippen molar-refractivity contribution in [3.8, 4) is 0 Å². The van der Waals surface area contributed by atoms with Gasteiger partial charge in [-0.2, -0.15) is 0 Å². The lowest BCUT2D eigenvalue weighted by Crippen LogP contribution is -2.15. The van der Waals surface area contributed by atoms with Crippen LogP contribution in [0.25, 0.3) is 21.8 Å². The van der Waals surface area contributed by atoms with Gasteiger partial charge in [-0.25, -0.2) is 9.78 Å². The van der Waals surface area contributed by atoms with Crippen LogP contribution in [-0.2, 0) is 4.74 Å². The molecule has 0 amide bonds. The van der Waals surface area contributed by atoms with Crippen molar-refractivity contribution in [1.82, 2.24) is 9.97 Å². The zero-order valence-electron chi connectivity index (χ0n) is 11.5. The van der Waals surface area contributed by atoms with Crippen LogP contribution in [0, 0.1) is 0 Å². The summed E-state index contributed by atoms with van der Waals surface area (Å²) in [5, 5.41) is 2.08. The number of fused-ring (bicyclic) bond motifs is 3. The number of carbonyl (C=O) groups excluding carboxylic acids is 1. The van der Waals surface area contributed by atoms with Crippen molar-refractivity contribution >= 4 is 27.8 Å². The Morgan fingerprint density at radius 3 is 2.90 bits per heavy atom. The third kappa shape index (κ3) is 2.13. The summed E-state index contributed by atoms with van der Waals surface area (Å²) >= 11 is 0. The highest BCUT2D eigenvalue weighted by molar-refractivity contribution is 6.08. The van der Waals surface area contributed by atoms with E-state index in [-0.39, 0.29) is 12.1 Å². The number of esters is 1. The molecule has 4 nitrogen and oxygen atoms in total. The van der Waals surface area contributed by atoms with Gasteiger partial charge in [0, 0.05) is 16.3 Å². The Balaban J connectivity index is 2.05. The molecule has 0 aliphatic rings. The molecule has 0 radical (unpaired) electrons. The molecule has 1 aromatic carbocycles. The molecule has 1 N–H and O–H groups in total. The van der Waals surface area contributed by atoms with E-state index in [2.05, 4.69) is 9.97 Å². The molecule has 3 rings (SSSR count). The Morgan fingerprint density at radius 1 is 1.30 bits per heavy atom. The summed E-state index contributed by atoms with van der Waals surface area (Å²) in [6, 6.07) is 9.78. The number of nitrogens with one attached hydrogen (secondary N) is 1. The van der Waals surface area contributed by atoms with Gasteiger partial charge in [0.05, 0.1) is 17.8 Å². The highest BCUT2D eigenvalue weighted by Crippen LogP contribution is 2.25. The number of carbonyl (C=O) groups is 1. The maximum atomic E-state index is 12.0. The Hall–Kier alpha value is -2.36. The van der Waals surface area contributed by atoms with E-state index in [9.17, 15) is 4.79 Å². The van der Waals surface area contributed by atoms with E-state index in [0.717, 1.165) is 28.2 Å². The lowest BCUT2D eigenvalue weighted by Gasteiger charge is -2.09. The van der Waals surface area contributed by atoms with Crippen LogP contribution in [0.3, 0.4) is 0 Å². The fourth-order valence-corrected chi connectivity index (χ4v) is 2.19. The number of nitrogens with zero attached hydrogens (tertiary/aromatic N) is 1. The van der Waals surface area contributed by atoms with Crippen LogP contribution in [0.1, 0.15) is 30.8 Å². The Kier molecular flexibility index (Phi) is 3.14. The first-order valence-electron chi connectivity index (χ1n) is 6.76. The van der Waals surface area contributed by atoms with Gasteiger partial charge in [0.2, 0.25) is 0 Å². The summed E-state index contributed by atoms with van der Waals surface area (Å²) in [6.07, 6.45) is 2.38. The largest absolute Gasteiger partial charge is 0.458 e. The van der Waals surface area contributed by atoms with Crippen molar-refractivity contribution in [2.75, 3.05) is 0 Å². The zero-order valence-corrected chi connectivity index (χ0v) is 11.5. The molecule has 1 unspecified atom stereocenters. The van der Waals surface area contributed by atoms with Crippen LogP contribution >= 0.6 is 0 Å². The van der Waals surface area contributed by atoms with Gasteiger partial charge in [-0.3, -0.25) is 0 Å². The minimum absolute atomic E-state index is 0.0945. The number of hydrogen-bond donors (Lipinski definition) is 1. The van der Waals surface area contributed by atoms with E-state index >= 15 is 0 Å². The molecule has 0 spiro atoms. The first-order valence-corrected chi connectivity index (χ1v) is 6.76. The van der Waals surface area contributed by atoms with Crippen LogP contribution in [0.15, 0.2) is 36.5 Å². The summed E-state index contributed by atoms with van der Waals surface area (Å²) in [5.74, 6) is -0.369. The monoisotopic (exact) mass is 268 g/mol. The minimum Gasteiger partial charge on any atom is -0.458 e. The molecule has 0 saturated carbocycles. The van der Waals surface area contributed by atoms with Crippen molar-refractivity contribution in [3.05, 3.63) is 42.2 Å². The standard InChI is InChI=1S/C16H16N2O2/c1-3-10(2)20-16(19)14-8-12-11-6-4-5-7-13(11)18-15(12)9-17-14/h4-10,18H,3H2,1-2H3. The van der Waals surface area contributed by atoms with Gasteiger partial charge < -0.3 is 9.72 Å². The van der Waals surface area contributed by atoms with Crippen molar-refractivity contribution in [1.29, 1.82) is 0 Å². The van der Waals surface area contributed by atoms with Gasteiger partial charge in [-0.1, -0.05) is 25.1 Å². The average molecular weight is 268 g/mol. The van der Waals surface area contributed by atoms with E-state index in [1.54, 1.807) is 12.3 Å². The first kappa shape index (κ1) is 12.7. The molecule has 0 aliphatic heterocycles. The lowest BCUT2D eigenvalue weighted by atomic mass is 10.1. The second kappa shape index (κ2) is 4.96. The fourth-order valence-electron chi connectivity index (χ4n) is 2.19. The summed E-state index contributed by atoms with van der Waals surface area (Å²) in [7, 11) is 0. The molecular weight excluding hydrogens is 252 g/mol. The van der Waals surface area contributed by atoms with Crippen LogP contribution in [0.2, 0.25) is 0 Å². The summed E-state index contributed by atoms with van der Waals surface area (Å²) in [5.41, 5.74) is 2.31. The van der Waals surface area contributed by atoms with Gasteiger partial charge in [0.15, 0.2) is 0 Å². The molecule has 1 atom stereocenters. The third-order valence-corrected chi connectivity index (χ3v) is 3.48. The number of aromatic amines is 1. The molecule has 2 aromatic heterocycles. The SMILES string of the molecule is CCC(C)OC(=O)c1cc2c(cn1)[nH]c1ccccc12. The molecular formula is C16H16N2O2. The first-order chi connectivity index (χ1) is 9.69. The van der Waals surface area contributed by atoms with Crippen molar-refractivity contribution in [2.24, 2.45) is 0 Å². The molecule has 0 saturated heterocycles. The third-order valence-electron chi connectivity index (χ3n) is 3.48. The quantitative estimate of drug-likeness (QED) is 0.737. The second-order valence-electron chi connectivity index (χ2n) is 4.91. The second-order valence-corrected chi connectivity index (χ2v) is 4.91. The predicted octanol–water partition coefficient (Wildman–Crippen LogP) is 3.67. The predicted molar refractivity (Wildman–Crippen MR) is 78.8 cm³/mol. The van der Waals surface area contributed by atoms with Gasteiger partial charge in [0.25, 0.3) is 0 Å². The molecule has 20 heavy (non-hydrogen) atoms. The number of H-pyrrole nitrogens is 1. The number of pyridine rings is 1. The highest BCUT2D eigenvalue weighted by Gasteiger charge is 2.14. The van der Waals surface area contributed by atoms with Crippen LogP contribution < -0.4 is 0 Å². The van der Waals surface area contributed by atoms with Crippen LogP contribution in [-0.4, -0.2) is 22.0 Å². The molecule has 2 heterocycles. The topological polar surface area (TPSA) is 55.0 Å². The highest BCUT2D eigenvalue weighted by atomic mass is 16.5. The molecule has 0 aliphatic carbocycles. The van der Waals surface area contributed by atoms with Gasteiger partial charge in [-0.15, -0.1) is 0 Å². The van der Waals surface area contributed by atoms with E-state index in [4.69, 9.17) is 4.74 Å². The molecule has 3 aromatic rings. The number of benzene rings is 1. The number of ether oxygens (including phenoxy) is 1. The molecule has 0 fully saturated rings. The van der Waals surface area contributed by atoms with Crippen LogP contribution in [0.5, 0.6) is 0 Å². The number of aromatic nitrogens is 2. The maximum Gasteiger partial charge on any atom is 0.357 e. The summed E-state index contributed by atoms with van der Waals surface area (Å²) < 4.78 is 5.31. The van der Waals surface area contributed by atoms with Gasteiger partial charge in [-0.05, 0) is 25.5 Å². The van der Waals surface area contributed by atoms with Crippen molar-refractivity contribution < 1.29 is 9.53 Å². The molecule has 0 bridgehead atoms. The average Bonchev–Trinajstić information content (AvgIpc) is 2.84. The van der Waals surface area contributed by atoms with E-state index in [1.165, 1.54) is 0 Å².